The molecule has 1 unspecified atom stereocenters. The number of fused-ring (bicyclic) bond motifs is 2. The highest BCUT2D eigenvalue weighted by molar-refractivity contribution is 6.33. The van der Waals surface area contributed by atoms with Gasteiger partial charge in [0.2, 0.25) is 0 Å². The molecule has 4 rings (SSSR count). The molecule has 0 radical (unpaired) electrons. The van der Waals surface area contributed by atoms with Crippen LogP contribution in [0.4, 0.5) is 11.4 Å². The van der Waals surface area contributed by atoms with Gasteiger partial charge in [-0.3, -0.25) is 9.89 Å². The van der Waals surface area contributed by atoms with Crippen LogP contribution in [0.15, 0.2) is 47.5 Å². The molecule has 4 heteroatoms. The van der Waals surface area contributed by atoms with Crippen LogP contribution >= 0.6 is 11.6 Å². The molecule has 0 saturated carbocycles. The summed E-state index contributed by atoms with van der Waals surface area (Å²) in [6.07, 6.45) is 2.06. The zero-order valence-electron chi connectivity index (χ0n) is 11.7. The van der Waals surface area contributed by atoms with E-state index in [0.717, 1.165) is 35.8 Å². The minimum atomic E-state index is 0.373. The van der Waals surface area contributed by atoms with E-state index in [1.165, 1.54) is 0 Å². The minimum Gasteiger partial charge on any atom is -0.451 e. The van der Waals surface area contributed by atoms with Gasteiger partial charge in [0.15, 0.2) is 11.5 Å². The van der Waals surface area contributed by atoms with Crippen molar-refractivity contribution in [3.8, 4) is 11.5 Å². The van der Waals surface area contributed by atoms with Gasteiger partial charge < -0.3 is 4.74 Å². The van der Waals surface area contributed by atoms with Crippen LogP contribution in [0.25, 0.3) is 0 Å². The normalized spacial score (nSPS) is 19.6. The Morgan fingerprint density at radius 3 is 2.76 bits per heavy atom. The van der Waals surface area contributed by atoms with Crippen molar-refractivity contribution in [3.05, 3.63) is 47.5 Å². The summed E-state index contributed by atoms with van der Waals surface area (Å²) < 4.78 is 6.00. The maximum Gasteiger partial charge on any atom is 0.170 e. The lowest BCUT2D eigenvalue weighted by atomic mass is 10.1. The fourth-order valence-corrected chi connectivity index (χ4v) is 3.12. The first kappa shape index (κ1) is 12.7. The third kappa shape index (κ3) is 2.00. The Morgan fingerprint density at radius 1 is 1.14 bits per heavy atom. The number of amidine groups is 1. The van der Waals surface area contributed by atoms with E-state index in [9.17, 15) is 0 Å². The molecule has 0 fully saturated rings. The van der Waals surface area contributed by atoms with Crippen molar-refractivity contribution in [2.45, 2.75) is 25.8 Å². The zero-order valence-corrected chi connectivity index (χ0v) is 12.5. The third-order valence-electron chi connectivity index (χ3n) is 3.92. The summed E-state index contributed by atoms with van der Waals surface area (Å²) in [4.78, 5) is 6.97. The molecule has 0 saturated heterocycles. The average molecular weight is 299 g/mol. The van der Waals surface area contributed by atoms with Gasteiger partial charge in [-0.1, -0.05) is 29.8 Å². The highest BCUT2D eigenvalue weighted by Gasteiger charge is 2.30. The number of benzene rings is 2. The number of hydrogen-bond donors (Lipinski definition) is 0. The van der Waals surface area contributed by atoms with Gasteiger partial charge in [-0.15, -0.1) is 0 Å². The van der Waals surface area contributed by atoms with Gasteiger partial charge in [0.05, 0.1) is 16.4 Å². The smallest absolute Gasteiger partial charge is 0.170 e. The molecule has 2 aliphatic rings. The average Bonchev–Trinajstić information content (AvgIpc) is 2.92. The number of aliphatic imine (C=N–C) groups is 1. The summed E-state index contributed by atoms with van der Waals surface area (Å²) >= 11 is 6.32. The predicted octanol–water partition coefficient (Wildman–Crippen LogP) is 5.16. The van der Waals surface area contributed by atoms with Crippen LogP contribution in [0.1, 0.15) is 19.8 Å². The van der Waals surface area contributed by atoms with Crippen molar-refractivity contribution in [1.82, 2.24) is 0 Å². The highest BCUT2D eigenvalue weighted by atomic mass is 35.5. The number of rotatable bonds is 0. The van der Waals surface area contributed by atoms with E-state index in [-0.39, 0.29) is 0 Å². The van der Waals surface area contributed by atoms with Gasteiger partial charge in [0.1, 0.15) is 5.84 Å². The van der Waals surface area contributed by atoms with Crippen LogP contribution in [0.3, 0.4) is 0 Å². The van der Waals surface area contributed by atoms with Gasteiger partial charge >= 0.3 is 0 Å². The van der Waals surface area contributed by atoms with Crippen LogP contribution in [0, 0.1) is 0 Å². The van der Waals surface area contributed by atoms with Crippen LogP contribution in [0.2, 0.25) is 5.02 Å². The maximum atomic E-state index is 6.32. The molecule has 0 aromatic heterocycles. The number of halogens is 1. The summed E-state index contributed by atoms with van der Waals surface area (Å²) in [6, 6.07) is 14.2. The Labute approximate surface area is 128 Å². The second-order valence-corrected chi connectivity index (χ2v) is 5.83. The molecule has 2 heterocycles. The molecule has 0 aliphatic carbocycles. The van der Waals surface area contributed by atoms with Gasteiger partial charge in [-0.2, -0.15) is 0 Å². The van der Waals surface area contributed by atoms with Crippen LogP contribution in [-0.4, -0.2) is 11.9 Å². The zero-order chi connectivity index (χ0) is 14.4. The van der Waals surface area contributed by atoms with E-state index >= 15 is 0 Å². The lowest BCUT2D eigenvalue weighted by Gasteiger charge is -2.32. The molecule has 2 aromatic carbocycles. The van der Waals surface area contributed by atoms with E-state index in [4.69, 9.17) is 21.3 Å². The van der Waals surface area contributed by atoms with Crippen molar-refractivity contribution in [2.75, 3.05) is 4.90 Å². The van der Waals surface area contributed by atoms with Crippen LogP contribution in [0.5, 0.6) is 11.5 Å². The lowest BCUT2D eigenvalue weighted by Crippen LogP contribution is -2.27. The SMILES string of the molecule is CC1CCC(N2c3ccccc3Oc3c(Cl)cccc32)=N1. The van der Waals surface area contributed by atoms with Crippen molar-refractivity contribution >= 4 is 28.8 Å². The number of hydrogen-bond acceptors (Lipinski definition) is 3. The number of para-hydroxylation sites is 3. The quantitative estimate of drug-likeness (QED) is 0.670. The van der Waals surface area contributed by atoms with E-state index in [2.05, 4.69) is 17.9 Å². The van der Waals surface area contributed by atoms with Gasteiger partial charge in [-0.05, 0) is 37.6 Å². The molecule has 1 atom stereocenters. The molecule has 3 nitrogen and oxygen atoms in total. The summed E-state index contributed by atoms with van der Waals surface area (Å²) in [5.41, 5.74) is 1.99. The summed E-state index contributed by atoms with van der Waals surface area (Å²) in [6.45, 7) is 2.15. The summed E-state index contributed by atoms with van der Waals surface area (Å²) in [7, 11) is 0. The molecule has 2 aliphatic heterocycles. The topological polar surface area (TPSA) is 24.8 Å². The van der Waals surface area contributed by atoms with Crippen molar-refractivity contribution < 1.29 is 4.74 Å². The molecule has 0 N–H and O–H groups in total. The van der Waals surface area contributed by atoms with E-state index in [1.807, 2.05) is 36.4 Å². The Balaban J connectivity index is 1.93. The van der Waals surface area contributed by atoms with Gasteiger partial charge in [0.25, 0.3) is 0 Å². The molecular weight excluding hydrogens is 284 g/mol. The molecule has 2 aromatic rings. The molecule has 0 bridgehead atoms. The fourth-order valence-electron chi connectivity index (χ4n) is 2.91. The Hall–Kier alpha value is -2.00. The van der Waals surface area contributed by atoms with E-state index in [0.29, 0.717) is 16.8 Å². The molecule has 0 spiro atoms. The molecule has 21 heavy (non-hydrogen) atoms. The Morgan fingerprint density at radius 2 is 1.95 bits per heavy atom. The van der Waals surface area contributed by atoms with Crippen molar-refractivity contribution in [1.29, 1.82) is 0 Å². The number of nitrogens with zero attached hydrogens (tertiary/aromatic N) is 2. The molecular formula is C17H15ClN2O. The second-order valence-electron chi connectivity index (χ2n) is 5.43. The first-order valence-corrected chi connectivity index (χ1v) is 7.54. The van der Waals surface area contributed by atoms with Crippen molar-refractivity contribution in [3.63, 3.8) is 0 Å². The van der Waals surface area contributed by atoms with Crippen molar-refractivity contribution in [2.24, 2.45) is 4.99 Å². The largest absolute Gasteiger partial charge is 0.451 e. The highest BCUT2D eigenvalue weighted by Crippen LogP contribution is 2.50. The molecule has 106 valence electrons. The molecule has 0 amide bonds. The number of anilines is 2. The monoisotopic (exact) mass is 298 g/mol. The van der Waals surface area contributed by atoms with Crippen LogP contribution in [-0.2, 0) is 0 Å². The predicted molar refractivity (Wildman–Crippen MR) is 86.2 cm³/mol. The second kappa shape index (κ2) is 4.78. The summed E-state index contributed by atoms with van der Waals surface area (Å²) in [5, 5.41) is 0.624. The van der Waals surface area contributed by atoms with Gasteiger partial charge in [-0.25, -0.2) is 0 Å². The van der Waals surface area contributed by atoms with Crippen LogP contribution < -0.4 is 9.64 Å². The Kier molecular flexibility index (Phi) is 2.89. The van der Waals surface area contributed by atoms with E-state index in [1.54, 1.807) is 0 Å². The third-order valence-corrected chi connectivity index (χ3v) is 4.22. The standard InChI is InChI=1S/C17H15ClN2O/c1-11-9-10-16(19-11)20-13-6-2-3-8-15(13)21-17-12(18)5-4-7-14(17)20/h2-8,11H,9-10H2,1H3. The maximum absolute atomic E-state index is 6.32. The first-order valence-electron chi connectivity index (χ1n) is 7.16. The van der Waals surface area contributed by atoms with Gasteiger partial charge in [0, 0.05) is 12.5 Å². The number of ether oxygens (including phenoxy) is 1. The first-order chi connectivity index (χ1) is 10.2. The summed E-state index contributed by atoms with van der Waals surface area (Å²) in [5.74, 6) is 2.61. The lowest BCUT2D eigenvalue weighted by molar-refractivity contribution is 0.477. The Bertz CT molecular complexity index is 741. The van der Waals surface area contributed by atoms with E-state index < -0.39 is 0 Å². The minimum absolute atomic E-state index is 0.373. The fraction of sp³-hybridized carbons (Fsp3) is 0.235.